The number of anilines is 1. The molecule has 0 N–H and O–H groups in total. The Bertz CT molecular complexity index is 758. The van der Waals surface area contributed by atoms with Crippen molar-refractivity contribution in [3.8, 4) is 17.3 Å². The maximum absolute atomic E-state index is 6.13. The van der Waals surface area contributed by atoms with Crippen LogP contribution in [0.15, 0.2) is 16.8 Å². The van der Waals surface area contributed by atoms with Crippen LogP contribution in [-0.4, -0.2) is 41.6 Å². The zero-order valence-corrected chi connectivity index (χ0v) is 15.7. The van der Waals surface area contributed by atoms with Crippen molar-refractivity contribution >= 4 is 5.69 Å². The van der Waals surface area contributed by atoms with Gasteiger partial charge in [0.1, 0.15) is 18.2 Å². The zero-order chi connectivity index (χ0) is 18.1. The Morgan fingerprint density at radius 1 is 1.31 bits per heavy atom. The van der Waals surface area contributed by atoms with E-state index in [0.717, 1.165) is 37.6 Å². The summed E-state index contributed by atoms with van der Waals surface area (Å²) in [5, 5.41) is 4.10. The summed E-state index contributed by atoms with van der Waals surface area (Å²) in [6, 6.07) is 1.92. The molecule has 4 rings (SSSR count). The summed E-state index contributed by atoms with van der Waals surface area (Å²) in [7, 11) is 0. The molecule has 0 aromatic carbocycles. The van der Waals surface area contributed by atoms with Crippen molar-refractivity contribution in [3.63, 3.8) is 0 Å². The largest absolute Gasteiger partial charge is 0.491 e. The predicted octanol–water partition coefficient (Wildman–Crippen LogP) is 3.40. The minimum Gasteiger partial charge on any atom is -0.491 e. The number of hydrogen-bond acceptors (Lipinski definition) is 7. The molecule has 2 aromatic heterocycles. The Labute approximate surface area is 153 Å². The molecule has 2 aromatic rings. The van der Waals surface area contributed by atoms with Crippen molar-refractivity contribution in [1.29, 1.82) is 0 Å². The van der Waals surface area contributed by atoms with Gasteiger partial charge in [-0.15, -0.1) is 0 Å². The average molecular weight is 358 g/mol. The van der Waals surface area contributed by atoms with Crippen LogP contribution in [0.25, 0.3) is 11.5 Å². The topological polar surface area (TPSA) is 73.5 Å². The van der Waals surface area contributed by atoms with E-state index in [4.69, 9.17) is 14.0 Å². The fourth-order valence-corrected chi connectivity index (χ4v) is 2.82. The maximum Gasteiger partial charge on any atom is 0.232 e. The zero-order valence-electron chi connectivity index (χ0n) is 15.7. The minimum atomic E-state index is -0.193. The molecule has 1 saturated heterocycles. The van der Waals surface area contributed by atoms with Crippen LogP contribution in [0.2, 0.25) is 0 Å². The minimum absolute atomic E-state index is 0.193. The van der Waals surface area contributed by atoms with Crippen molar-refractivity contribution in [2.45, 2.75) is 45.4 Å². The third kappa shape index (κ3) is 3.82. The molecule has 2 aliphatic rings. The highest BCUT2D eigenvalue weighted by Crippen LogP contribution is 2.35. The lowest BCUT2D eigenvalue weighted by molar-refractivity contribution is 0.106. The van der Waals surface area contributed by atoms with Crippen molar-refractivity contribution in [2.24, 2.45) is 5.92 Å². The third-order valence-electron chi connectivity index (χ3n) is 4.62. The number of pyridine rings is 1. The molecule has 7 nitrogen and oxygen atoms in total. The summed E-state index contributed by atoms with van der Waals surface area (Å²) in [5.41, 5.74) is 1.44. The number of hydrogen-bond donors (Lipinski definition) is 0. The van der Waals surface area contributed by atoms with E-state index >= 15 is 0 Å². The van der Waals surface area contributed by atoms with Gasteiger partial charge in [0.15, 0.2) is 0 Å². The van der Waals surface area contributed by atoms with Crippen LogP contribution in [0.1, 0.15) is 45.9 Å². The number of rotatable bonds is 5. The summed E-state index contributed by atoms with van der Waals surface area (Å²) in [6.07, 6.45) is 5.34. The lowest BCUT2D eigenvalue weighted by atomic mass is 9.97. The predicted molar refractivity (Wildman–Crippen MR) is 97.2 cm³/mol. The summed E-state index contributed by atoms with van der Waals surface area (Å²) >= 11 is 0. The molecule has 3 heterocycles. The molecule has 140 valence electrons. The van der Waals surface area contributed by atoms with Crippen LogP contribution in [-0.2, 0) is 10.2 Å². The lowest BCUT2D eigenvalue weighted by Crippen LogP contribution is -2.33. The van der Waals surface area contributed by atoms with E-state index in [1.165, 1.54) is 12.8 Å². The quantitative estimate of drug-likeness (QED) is 0.811. The molecular weight excluding hydrogens is 332 g/mol. The van der Waals surface area contributed by atoms with E-state index in [-0.39, 0.29) is 5.41 Å². The Morgan fingerprint density at radius 2 is 2.15 bits per heavy atom. The number of nitrogens with zero attached hydrogens (tertiary/aromatic N) is 4. The van der Waals surface area contributed by atoms with Gasteiger partial charge in [-0.1, -0.05) is 25.9 Å². The average Bonchev–Trinajstić information content (AvgIpc) is 3.32. The highest BCUT2D eigenvalue weighted by atomic mass is 16.5. The molecule has 0 atom stereocenters. The van der Waals surface area contributed by atoms with Gasteiger partial charge in [0.2, 0.25) is 11.7 Å². The molecule has 26 heavy (non-hydrogen) atoms. The molecule has 7 heteroatoms. The first-order valence-corrected chi connectivity index (χ1v) is 9.31. The van der Waals surface area contributed by atoms with Crippen LogP contribution in [0.5, 0.6) is 5.75 Å². The molecule has 1 aliphatic heterocycles. The first-order chi connectivity index (χ1) is 12.5. The van der Waals surface area contributed by atoms with Gasteiger partial charge in [-0.3, -0.25) is 4.98 Å². The number of aromatic nitrogens is 3. The first kappa shape index (κ1) is 17.3. The van der Waals surface area contributed by atoms with E-state index < -0.39 is 0 Å². The Morgan fingerprint density at radius 3 is 2.81 bits per heavy atom. The summed E-state index contributed by atoms with van der Waals surface area (Å²) in [4.78, 5) is 11.2. The highest BCUT2D eigenvalue weighted by molar-refractivity contribution is 5.63. The van der Waals surface area contributed by atoms with Gasteiger partial charge < -0.3 is 18.9 Å². The third-order valence-corrected chi connectivity index (χ3v) is 4.62. The molecule has 1 aliphatic carbocycles. The first-order valence-electron chi connectivity index (χ1n) is 9.31. The van der Waals surface area contributed by atoms with Gasteiger partial charge in [-0.2, -0.15) is 4.98 Å². The van der Waals surface area contributed by atoms with Crippen LogP contribution >= 0.6 is 0 Å². The maximum atomic E-state index is 6.13. The van der Waals surface area contributed by atoms with Crippen molar-refractivity contribution in [3.05, 3.63) is 18.2 Å². The van der Waals surface area contributed by atoms with Crippen molar-refractivity contribution < 1.29 is 14.0 Å². The molecule has 0 bridgehead atoms. The van der Waals surface area contributed by atoms with Crippen molar-refractivity contribution in [1.82, 2.24) is 15.1 Å². The van der Waals surface area contributed by atoms with Crippen LogP contribution in [0.4, 0.5) is 5.69 Å². The standard InChI is InChI=1S/C19H26N4O3/c1-19(2,3)18-21-17(22-26-18)14-9-16(25-11-13-5-6-13)15(10-20-14)23-7-4-8-24-12-23/h9-10,13H,4-8,11-12H2,1-3H3. The van der Waals surface area contributed by atoms with Crippen molar-refractivity contribution in [2.75, 3.05) is 31.4 Å². The summed E-state index contributed by atoms with van der Waals surface area (Å²) in [6.45, 7) is 9.18. The summed E-state index contributed by atoms with van der Waals surface area (Å²) in [5.74, 6) is 2.58. The van der Waals surface area contributed by atoms with E-state index in [9.17, 15) is 0 Å². The van der Waals surface area contributed by atoms with Crippen LogP contribution in [0.3, 0.4) is 0 Å². The molecular formula is C19H26N4O3. The highest BCUT2D eigenvalue weighted by Gasteiger charge is 2.26. The van der Waals surface area contributed by atoms with E-state index in [1.807, 2.05) is 33.0 Å². The molecule has 0 amide bonds. The molecule has 0 unspecified atom stereocenters. The van der Waals surface area contributed by atoms with Crippen LogP contribution < -0.4 is 9.64 Å². The fraction of sp³-hybridized carbons (Fsp3) is 0.632. The fourth-order valence-electron chi connectivity index (χ4n) is 2.82. The van der Waals surface area contributed by atoms with Gasteiger partial charge in [0.05, 0.1) is 25.1 Å². The monoisotopic (exact) mass is 358 g/mol. The Kier molecular flexibility index (Phi) is 4.56. The number of ether oxygens (including phenoxy) is 2. The van der Waals surface area contributed by atoms with E-state index in [0.29, 0.717) is 30.1 Å². The SMILES string of the molecule is CC(C)(C)c1nc(-c2cc(OCC3CC3)c(N3CCCOC3)cn2)no1. The molecule has 0 radical (unpaired) electrons. The Balaban J connectivity index is 1.62. The molecule has 1 saturated carbocycles. The van der Waals surface area contributed by atoms with Gasteiger partial charge in [-0.25, -0.2) is 0 Å². The van der Waals surface area contributed by atoms with E-state index in [2.05, 4.69) is 20.0 Å². The van der Waals surface area contributed by atoms with Gasteiger partial charge in [0.25, 0.3) is 0 Å². The van der Waals surface area contributed by atoms with Gasteiger partial charge in [0, 0.05) is 18.0 Å². The van der Waals surface area contributed by atoms with Gasteiger partial charge in [-0.05, 0) is 25.2 Å². The van der Waals surface area contributed by atoms with Gasteiger partial charge >= 0.3 is 0 Å². The second kappa shape index (κ2) is 6.87. The van der Waals surface area contributed by atoms with E-state index in [1.54, 1.807) is 0 Å². The normalized spacial score (nSPS) is 18.2. The lowest BCUT2D eigenvalue weighted by Gasteiger charge is -2.29. The smallest absolute Gasteiger partial charge is 0.232 e. The summed E-state index contributed by atoms with van der Waals surface area (Å²) < 4.78 is 17.1. The Hall–Kier alpha value is -2.15. The molecule has 2 fully saturated rings. The molecule has 0 spiro atoms. The second-order valence-electron chi connectivity index (χ2n) is 8.12. The second-order valence-corrected chi connectivity index (χ2v) is 8.12. The van der Waals surface area contributed by atoms with Crippen LogP contribution in [0, 0.1) is 5.92 Å².